The largest absolute Gasteiger partial charge is 0.506 e. The number of carbonyl (C=O) groups is 1. The lowest BCUT2D eigenvalue weighted by molar-refractivity contribution is 0.102. The first kappa shape index (κ1) is 18.7. The number of sulfone groups is 1. The Morgan fingerprint density at radius 3 is 2.04 bits per heavy atom. The number of phenolic OH excluding ortho intramolecular Hbond substituents is 1. The summed E-state index contributed by atoms with van der Waals surface area (Å²) in [6.45, 7) is 3.33. The molecule has 0 saturated heterocycles. The van der Waals surface area contributed by atoms with Crippen molar-refractivity contribution in [2.45, 2.75) is 23.6 Å². The smallest absolute Gasteiger partial charge is 0.255 e. The van der Waals surface area contributed by atoms with Gasteiger partial charge in [0, 0.05) is 11.3 Å². The molecule has 3 aromatic rings. The van der Waals surface area contributed by atoms with Crippen molar-refractivity contribution in [2.24, 2.45) is 0 Å². The Morgan fingerprint density at radius 1 is 0.889 bits per heavy atom. The van der Waals surface area contributed by atoms with E-state index in [-0.39, 0.29) is 21.4 Å². The summed E-state index contributed by atoms with van der Waals surface area (Å²) in [5.74, 6) is -0.666. The van der Waals surface area contributed by atoms with Crippen molar-refractivity contribution >= 4 is 21.4 Å². The molecule has 6 heteroatoms. The van der Waals surface area contributed by atoms with Crippen LogP contribution in [-0.4, -0.2) is 19.4 Å². The highest BCUT2D eigenvalue weighted by Gasteiger charge is 2.25. The monoisotopic (exact) mass is 381 g/mol. The first-order chi connectivity index (χ1) is 12.8. The maximum atomic E-state index is 13.0. The summed E-state index contributed by atoms with van der Waals surface area (Å²) in [7, 11) is -3.93. The fourth-order valence-electron chi connectivity index (χ4n) is 2.72. The summed E-state index contributed by atoms with van der Waals surface area (Å²) in [5, 5.41) is 13.2. The van der Waals surface area contributed by atoms with Crippen molar-refractivity contribution in [1.29, 1.82) is 0 Å². The van der Waals surface area contributed by atoms with Gasteiger partial charge in [0.15, 0.2) is 0 Å². The normalized spacial score (nSPS) is 11.2. The summed E-state index contributed by atoms with van der Waals surface area (Å²) in [6, 6.07) is 17.8. The number of aromatic hydroxyl groups is 1. The van der Waals surface area contributed by atoms with Crippen LogP contribution >= 0.6 is 0 Å². The van der Waals surface area contributed by atoms with Gasteiger partial charge in [0.25, 0.3) is 5.91 Å². The van der Waals surface area contributed by atoms with Crippen molar-refractivity contribution in [1.82, 2.24) is 0 Å². The zero-order valence-corrected chi connectivity index (χ0v) is 15.7. The molecule has 3 rings (SSSR count). The summed E-state index contributed by atoms with van der Waals surface area (Å²) >= 11 is 0. The summed E-state index contributed by atoms with van der Waals surface area (Å²) in [6.07, 6.45) is 0. The lowest BCUT2D eigenvalue weighted by Gasteiger charge is -2.16. The van der Waals surface area contributed by atoms with Gasteiger partial charge in [0.05, 0.1) is 4.90 Å². The van der Waals surface area contributed by atoms with E-state index in [0.717, 1.165) is 0 Å². The lowest BCUT2D eigenvalue weighted by atomic mass is 10.1. The molecule has 0 unspecified atom stereocenters. The highest BCUT2D eigenvalue weighted by atomic mass is 32.2. The second-order valence-corrected chi connectivity index (χ2v) is 8.08. The Bertz CT molecular complexity index is 1090. The van der Waals surface area contributed by atoms with Gasteiger partial charge in [0.2, 0.25) is 9.84 Å². The van der Waals surface area contributed by atoms with E-state index in [1.54, 1.807) is 62.4 Å². The highest BCUT2D eigenvalue weighted by molar-refractivity contribution is 7.91. The first-order valence-corrected chi connectivity index (χ1v) is 9.80. The SMILES string of the molecule is Cc1c(NC(=O)c2ccccc2)cc(S(=O)(=O)c2ccccc2)c(O)c1C. The molecule has 27 heavy (non-hydrogen) atoms. The summed E-state index contributed by atoms with van der Waals surface area (Å²) < 4.78 is 25.9. The van der Waals surface area contributed by atoms with Crippen LogP contribution in [0.5, 0.6) is 5.75 Å². The van der Waals surface area contributed by atoms with E-state index < -0.39 is 9.84 Å². The van der Waals surface area contributed by atoms with E-state index in [4.69, 9.17) is 0 Å². The quantitative estimate of drug-likeness (QED) is 0.667. The zero-order chi connectivity index (χ0) is 19.6. The number of rotatable bonds is 4. The van der Waals surface area contributed by atoms with Crippen molar-refractivity contribution in [3.8, 4) is 5.75 Å². The van der Waals surface area contributed by atoms with Crippen LogP contribution < -0.4 is 5.32 Å². The van der Waals surface area contributed by atoms with Gasteiger partial charge in [-0.15, -0.1) is 0 Å². The molecule has 1 amide bonds. The number of anilines is 1. The molecule has 0 bridgehead atoms. The molecule has 0 aliphatic heterocycles. The molecule has 0 aliphatic rings. The maximum Gasteiger partial charge on any atom is 0.255 e. The van der Waals surface area contributed by atoms with Gasteiger partial charge in [-0.25, -0.2) is 8.42 Å². The Balaban J connectivity index is 2.09. The Morgan fingerprint density at radius 2 is 1.44 bits per heavy atom. The average Bonchev–Trinajstić information content (AvgIpc) is 2.69. The van der Waals surface area contributed by atoms with Crippen LogP contribution in [0.4, 0.5) is 5.69 Å². The molecule has 0 aromatic heterocycles. The summed E-state index contributed by atoms with van der Waals surface area (Å²) in [4.78, 5) is 12.3. The number of nitrogens with one attached hydrogen (secondary N) is 1. The molecule has 0 atom stereocenters. The van der Waals surface area contributed by atoms with Gasteiger partial charge in [-0.2, -0.15) is 0 Å². The Labute approximate surface area is 158 Å². The van der Waals surface area contributed by atoms with Gasteiger partial charge in [-0.1, -0.05) is 36.4 Å². The number of hydrogen-bond acceptors (Lipinski definition) is 4. The molecular formula is C21H19NO4S. The van der Waals surface area contributed by atoms with Gasteiger partial charge in [-0.3, -0.25) is 4.79 Å². The fourth-order valence-corrected chi connectivity index (χ4v) is 4.17. The number of hydrogen-bond donors (Lipinski definition) is 2. The van der Waals surface area contributed by atoms with Crippen molar-refractivity contribution in [3.05, 3.63) is 83.4 Å². The predicted octanol–water partition coefficient (Wildman–Crippen LogP) is 4.09. The van der Waals surface area contributed by atoms with E-state index in [1.165, 1.54) is 18.2 Å². The molecule has 0 spiro atoms. The molecular weight excluding hydrogens is 362 g/mol. The molecule has 0 radical (unpaired) electrons. The third-order valence-electron chi connectivity index (χ3n) is 4.46. The summed E-state index contributed by atoms with van der Waals surface area (Å²) in [5.41, 5.74) is 1.79. The third-order valence-corrected chi connectivity index (χ3v) is 6.24. The van der Waals surface area contributed by atoms with E-state index >= 15 is 0 Å². The molecule has 138 valence electrons. The van der Waals surface area contributed by atoms with Crippen LogP contribution in [-0.2, 0) is 9.84 Å². The highest BCUT2D eigenvalue weighted by Crippen LogP contribution is 2.37. The number of benzene rings is 3. The van der Waals surface area contributed by atoms with Crippen molar-refractivity contribution < 1.29 is 18.3 Å². The van der Waals surface area contributed by atoms with Gasteiger partial charge >= 0.3 is 0 Å². The van der Waals surface area contributed by atoms with Gasteiger partial charge < -0.3 is 10.4 Å². The van der Waals surface area contributed by atoms with E-state index in [0.29, 0.717) is 22.4 Å². The average molecular weight is 381 g/mol. The topological polar surface area (TPSA) is 83.5 Å². The lowest BCUT2D eigenvalue weighted by Crippen LogP contribution is -2.14. The molecule has 2 N–H and O–H groups in total. The minimum Gasteiger partial charge on any atom is -0.506 e. The van der Waals surface area contributed by atoms with Gasteiger partial charge in [-0.05, 0) is 55.3 Å². The fraction of sp³-hybridized carbons (Fsp3) is 0.0952. The number of phenols is 1. The van der Waals surface area contributed by atoms with Crippen LogP contribution in [0, 0.1) is 13.8 Å². The second kappa shape index (κ2) is 7.25. The molecule has 0 fully saturated rings. The minimum absolute atomic E-state index is 0.0730. The molecule has 0 heterocycles. The Hall–Kier alpha value is -3.12. The van der Waals surface area contributed by atoms with E-state index in [1.807, 2.05) is 0 Å². The third kappa shape index (κ3) is 3.57. The van der Waals surface area contributed by atoms with Crippen LogP contribution in [0.3, 0.4) is 0 Å². The minimum atomic E-state index is -3.93. The molecule has 5 nitrogen and oxygen atoms in total. The molecule has 0 saturated carbocycles. The molecule has 3 aromatic carbocycles. The predicted molar refractivity (Wildman–Crippen MR) is 104 cm³/mol. The number of amides is 1. The number of carbonyl (C=O) groups excluding carboxylic acids is 1. The van der Waals surface area contributed by atoms with Crippen LogP contribution in [0.15, 0.2) is 76.5 Å². The standard InChI is InChI=1S/C21H19NO4S/c1-14-15(2)20(23)19(27(25,26)17-11-7-4-8-12-17)13-18(14)22-21(24)16-9-5-3-6-10-16/h3-13,23H,1-2H3,(H,22,24). The van der Waals surface area contributed by atoms with Gasteiger partial charge in [0.1, 0.15) is 10.6 Å². The second-order valence-electron chi connectivity index (χ2n) is 6.16. The molecule has 0 aliphatic carbocycles. The van der Waals surface area contributed by atoms with Crippen LogP contribution in [0.25, 0.3) is 0 Å². The Kier molecular flexibility index (Phi) is 5.01. The van der Waals surface area contributed by atoms with E-state index in [2.05, 4.69) is 5.32 Å². The van der Waals surface area contributed by atoms with E-state index in [9.17, 15) is 18.3 Å². The van der Waals surface area contributed by atoms with Crippen LogP contribution in [0.1, 0.15) is 21.5 Å². The maximum absolute atomic E-state index is 13.0. The zero-order valence-electron chi connectivity index (χ0n) is 14.9. The van der Waals surface area contributed by atoms with Crippen molar-refractivity contribution in [2.75, 3.05) is 5.32 Å². The van der Waals surface area contributed by atoms with Crippen LogP contribution in [0.2, 0.25) is 0 Å². The van der Waals surface area contributed by atoms with Crippen molar-refractivity contribution in [3.63, 3.8) is 0 Å². The first-order valence-electron chi connectivity index (χ1n) is 8.32.